The molecule has 0 saturated heterocycles. The van der Waals surface area contributed by atoms with Crippen LogP contribution in [0.15, 0.2) is 18.2 Å². The summed E-state index contributed by atoms with van der Waals surface area (Å²) in [4.78, 5) is 26.3. The Balaban J connectivity index is 1.86. The number of anilines is 1. The maximum absolute atomic E-state index is 12.3. The molecule has 138 valence electrons. The summed E-state index contributed by atoms with van der Waals surface area (Å²) in [5.74, 6) is -0.219. The summed E-state index contributed by atoms with van der Waals surface area (Å²) in [6, 6.07) is 5.21. The fourth-order valence-electron chi connectivity index (χ4n) is 3.06. The molecule has 1 aromatic rings. The van der Waals surface area contributed by atoms with E-state index in [4.69, 9.17) is 23.2 Å². The average molecular weight is 386 g/mol. The topological polar surface area (TPSA) is 61.4 Å². The van der Waals surface area contributed by atoms with E-state index in [0.29, 0.717) is 22.3 Å². The molecule has 2 rings (SSSR count). The Kier molecular flexibility index (Phi) is 8.00. The second-order valence-corrected chi connectivity index (χ2v) is 7.28. The molecule has 1 fully saturated rings. The van der Waals surface area contributed by atoms with Crippen LogP contribution < -0.4 is 10.6 Å². The second-order valence-electron chi connectivity index (χ2n) is 6.43. The van der Waals surface area contributed by atoms with Gasteiger partial charge in [-0.15, -0.1) is 0 Å². The van der Waals surface area contributed by atoms with Crippen LogP contribution in [0.5, 0.6) is 0 Å². The molecule has 1 aliphatic carbocycles. The average Bonchev–Trinajstić information content (AvgIpc) is 3.03. The molecule has 0 atom stereocenters. The van der Waals surface area contributed by atoms with Crippen LogP contribution in [0.1, 0.15) is 39.0 Å². The quantitative estimate of drug-likeness (QED) is 0.716. The highest BCUT2D eigenvalue weighted by molar-refractivity contribution is 6.36. The van der Waals surface area contributed by atoms with Gasteiger partial charge in [-0.25, -0.2) is 0 Å². The molecular formula is C18H25Cl2N3O2. The van der Waals surface area contributed by atoms with Crippen molar-refractivity contribution in [2.24, 2.45) is 0 Å². The van der Waals surface area contributed by atoms with Crippen LogP contribution in [-0.4, -0.2) is 42.4 Å². The SMILES string of the molecule is CCCN(CC(=O)Nc1ccc(Cl)cc1Cl)CC(=O)NC1CCCC1. The molecule has 7 heteroatoms. The summed E-state index contributed by atoms with van der Waals surface area (Å²) in [5, 5.41) is 6.73. The van der Waals surface area contributed by atoms with Crippen molar-refractivity contribution >= 4 is 40.7 Å². The van der Waals surface area contributed by atoms with Gasteiger partial charge in [-0.2, -0.15) is 0 Å². The standard InChI is InChI=1S/C18H25Cl2N3O2/c1-2-9-23(11-17(24)21-14-5-3-4-6-14)12-18(25)22-16-8-7-13(19)10-15(16)20/h7-8,10,14H,2-6,9,11-12H2,1H3,(H,21,24)(H,22,25). The predicted octanol–water partition coefficient (Wildman–Crippen LogP) is 3.70. The van der Waals surface area contributed by atoms with Crippen molar-refractivity contribution in [3.05, 3.63) is 28.2 Å². The van der Waals surface area contributed by atoms with Gasteiger partial charge in [0.25, 0.3) is 0 Å². The van der Waals surface area contributed by atoms with Gasteiger partial charge in [-0.3, -0.25) is 14.5 Å². The minimum absolute atomic E-state index is 0.0160. The molecule has 0 aliphatic heterocycles. The number of carbonyl (C=O) groups excluding carboxylic acids is 2. The van der Waals surface area contributed by atoms with Crippen molar-refractivity contribution in [1.82, 2.24) is 10.2 Å². The summed E-state index contributed by atoms with van der Waals surface area (Å²) in [7, 11) is 0. The molecule has 5 nitrogen and oxygen atoms in total. The number of halogens is 2. The number of amides is 2. The Hall–Kier alpha value is -1.30. The van der Waals surface area contributed by atoms with Gasteiger partial charge in [0.15, 0.2) is 0 Å². The number of carbonyl (C=O) groups is 2. The fraction of sp³-hybridized carbons (Fsp3) is 0.556. The second kappa shape index (κ2) is 10.00. The molecule has 1 aromatic carbocycles. The van der Waals surface area contributed by atoms with Crippen molar-refractivity contribution in [3.63, 3.8) is 0 Å². The van der Waals surface area contributed by atoms with Crippen LogP contribution >= 0.6 is 23.2 Å². The van der Waals surface area contributed by atoms with E-state index in [2.05, 4.69) is 10.6 Å². The zero-order valence-electron chi connectivity index (χ0n) is 14.5. The zero-order valence-corrected chi connectivity index (χ0v) is 16.0. The van der Waals surface area contributed by atoms with Crippen LogP contribution in [-0.2, 0) is 9.59 Å². The van der Waals surface area contributed by atoms with Gasteiger partial charge < -0.3 is 10.6 Å². The summed E-state index contributed by atoms with van der Waals surface area (Å²) in [6.45, 7) is 3.08. The van der Waals surface area contributed by atoms with Crippen LogP contribution in [0.4, 0.5) is 5.69 Å². The number of nitrogens with zero attached hydrogens (tertiary/aromatic N) is 1. The van der Waals surface area contributed by atoms with E-state index >= 15 is 0 Å². The minimum atomic E-state index is -0.202. The first kappa shape index (κ1) is 20.0. The van der Waals surface area contributed by atoms with Gasteiger partial charge in [0.1, 0.15) is 0 Å². The molecule has 1 saturated carbocycles. The lowest BCUT2D eigenvalue weighted by molar-refractivity contribution is -0.124. The molecule has 1 aliphatic rings. The van der Waals surface area contributed by atoms with Crippen molar-refractivity contribution in [1.29, 1.82) is 0 Å². The van der Waals surface area contributed by atoms with E-state index in [-0.39, 0.29) is 30.9 Å². The van der Waals surface area contributed by atoms with Crippen LogP contribution in [0, 0.1) is 0 Å². The summed E-state index contributed by atoms with van der Waals surface area (Å²) >= 11 is 11.9. The summed E-state index contributed by atoms with van der Waals surface area (Å²) in [5.41, 5.74) is 0.517. The molecule has 0 unspecified atom stereocenters. The maximum Gasteiger partial charge on any atom is 0.238 e. The molecule has 0 spiro atoms. The van der Waals surface area contributed by atoms with Gasteiger partial charge >= 0.3 is 0 Å². The van der Waals surface area contributed by atoms with Gasteiger partial charge in [0.05, 0.1) is 23.8 Å². The van der Waals surface area contributed by atoms with E-state index in [0.717, 1.165) is 19.3 Å². The molecule has 2 N–H and O–H groups in total. The molecule has 25 heavy (non-hydrogen) atoms. The third-order valence-corrected chi connectivity index (χ3v) is 4.75. The fourth-order valence-corrected chi connectivity index (χ4v) is 3.52. The normalized spacial score (nSPS) is 14.7. The van der Waals surface area contributed by atoms with E-state index in [1.165, 1.54) is 12.8 Å². The summed E-state index contributed by atoms with van der Waals surface area (Å²) < 4.78 is 0. The van der Waals surface area contributed by atoms with Crippen molar-refractivity contribution < 1.29 is 9.59 Å². The number of nitrogens with one attached hydrogen (secondary N) is 2. The molecule has 2 amide bonds. The largest absolute Gasteiger partial charge is 0.352 e. The van der Waals surface area contributed by atoms with Gasteiger partial charge in [0.2, 0.25) is 11.8 Å². The Morgan fingerprint density at radius 2 is 1.84 bits per heavy atom. The third kappa shape index (κ3) is 6.84. The van der Waals surface area contributed by atoms with Crippen LogP contribution in [0.2, 0.25) is 10.0 Å². The molecule has 0 heterocycles. The van der Waals surface area contributed by atoms with Gasteiger partial charge in [-0.1, -0.05) is 43.0 Å². The van der Waals surface area contributed by atoms with Crippen molar-refractivity contribution in [3.8, 4) is 0 Å². The van der Waals surface area contributed by atoms with E-state index in [1.54, 1.807) is 18.2 Å². The smallest absolute Gasteiger partial charge is 0.238 e. The van der Waals surface area contributed by atoms with Crippen molar-refractivity contribution in [2.75, 3.05) is 25.0 Å². The lowest BCUT2D eigenvalue weighted by atomic mass is 10.2. The predicted molar refractivity (Wildman–Crippen MR) is 102 cm³/mol. The highest BCUT2D eigenvalue weighted by Gasteiger charge is 2.20. The van der Waals surface area contributed by atoms with E-state index in [9.17, 15) is 9.59 Å². The molecule has 0 bridgehead atoms. The Bertz CT molecular complexity index is 604. The monoisotopic (exact) mass is 385 g/mol. The number of benzene rings is 1. The lowest BCUT2D eigenvalue weighted by Crippen LogP contribution is -2.44. The molecular weight excluding hydrogens is 361 g/mol. The van der Waals surface area contributed by atoms with Gasteiger partial charge in [0, 0.05) is 11.1 Å². The molecule has 0 aromatic heterocycles. The van der Waals surface area contributed by atoms with Crippen LogP contribution in [0.25, 0.3) is 0 Å². The van der Waals surface area contributed by atoms with Gasteiger partial charge in [-0.05, 0) is 44.0 Å². The highest BCUT2D eigenvalue weighted by Crippen LogP contribution is 2.25. The van der Waals surface area contributed by atoms with Crippen molar-refractivity contribution in [2.45, 2.75) is 45.1 Å². The first-order valence-corrected chi connectivity index (χ1v) is 9.50. The van der Waals surface area contributed by atoms with E-state index < -0.39 is 0 Å². The van der Waals surface area contributed by atoms with Crippen LogP contribution in [0.3, 0.4) is 0 Å². The Morgan fingerprint density at radius 1 is 1.16 bits per heavy atom. The minimum Gasteiger partial charge on any atom is -0.352 e. The Labute approximate surface area is 159 Å². The first-order chi connectivity index (χ1) is 12.0. The number of hydrogen-bond acceptors (Lipinski definition) is 3. The summed E-state index contributed by atoms with van der Waals surface area (Å²) in [6.07, 6.45) is 5.32. The zero-order chi connectivity index (χ0) is 18.2. The first-order valence-electron chi connectivity index (χ1n) is 8.74. The highest BCUT2D eigenvalue weighted by atomic mass is 35.5. The number of rotatable bonds is 8. The lowest BCUT2D eigenvalue weighted by Gasteiger charge is -2.22. The molecule has 0 radical (unpaired) electrons. The maximum atomic E-state index is 12.3. The van der Waals surface area contributed by atoms with E-state index in [1.807, 2.05) is 11.8 Å². The number of hydrogen-bond donors (Lipinski definition) is 2. The Morgan fingerprint density at radius 3 is 2.48 bits per heavy atom. The third-order valence-electron chi connectivity index (χ3n) is 4.20.